The van der Waals surface area contributed by atoms with E-state index in [2.05, 4.69) is 68.9 Å². The van der Waals surface area contributed by atoms with E-state index < -0.39 is 18.3 Å². The Morgan fingerprint density at radius 1 is 1.16 bits per heavy atom. The zero-order valence-corrected chi connectivity index (χ0v) is 23.8. The number of rotatable bonds is 8. The molecule has 4 aliphatic rings. The summed E-state index contributed by atoms with van der Waals surface area (Å²) >= 11 is 0. The van der Waals surface area contributed by atoms with E-state index >= 15 is 0 Å². The van der Waals surface area contributed by atoms with E-state index in [1.807, 2.05) is 0 Å². The molecule has 7 atom stereocenters. The lowest BCUT2D eigenvalue weighted by Crippen LogP contribution is -2.35. The third-order valence-electron chi connectivity index (χ3n) is 10.7. The molecule has 1 aromatic rings. The lowest BCUT2D eigenvalue weighted by molar-refractivity contribution is 0.0862. The van der Waals surface area contributed by atoms with Gasteiger partial charge in [-0.05, 0) is 104 Å². The monoisotopic (exact) mass is 519 g/mol. The van der Waals surface area contributed by atoms with Crippen LogP contribution in [0.25, 0.3) is 0 Å². The molecule has 0 aromatic carbocycles. The van der Waals surface area contributed by atoms with E-state index in [1.165, 1.54) is 42.5 Å². The second-order valence-corrected chi connectivity index (χ2v) is 13.2. The van der Waals surface area contributed by atoms with Crippen molar-refractivity contribution >= 4 is 0 Å². The summed E-state index contributed by atoms with van der Waals surface area (Å²) in [6, 6.07) is 2.27. The first-order valence-corrected chi connectivity index (χ1v) is 15.2. The second-order valence-electron chi connectivity index (χ2n) is 13.2. The Morgan fingerprint density at radius 3 is 2.68 bits per heavy atom. The fraction of sp³-hybridized carbons (Fsp3) is 0.647. The van der Waals surface area contributed by atoms with E-state index in [0.29, 0.717) is 30.6 Å². The third kappa shape index (κ3) is 5.17. The Morgan fingerprint density at radius 2 is 1.95 bits per heavy atom. The highest BCUT2D eigenvalue weighted by molar-refractivity contribution is 5.39. The Labute approximate surface area is 229 Å². The molecule has 38 heavy (non-hydrogen) atoms. The van der Waals surface area contributed by atoms with Crippen molar-refractivity contribution in [1.29, 1.82) is 0 Å². The van der Waals surface area contributed by atoms with Crippen molar-refractivity contribution in [2.24, 2.45) is 23.2 Å². The van der Waals surface area contributed by atoms with Crippen LogP contribution in [0.5, 0.6) is 0 Å². The average molecular weight is 520 g/mol. The van der Waals surface area contributed by atoms with Gasteiger partial charge in [0, 0.05) is 23.7 Å². The molecule has 208 valence electrons. The van der Waals surface area contributed by atoms with Gasteiger partial charge < -0.3 is 20.3 Å². The molecule has 4 N–H and O–H groups in total. The lowest BCUT2D eigenvalue weighted by Gasteiger charge is -2.44. The van der Waals surface area contributed by atoms with Crippen LogP contribution >= 0.6 is 0 Å². The fourth-order valence-corrected chi connectivity index (χ4v) is 8.23. The van der Waals surface area contributed by atoms with Gasteiger partial charge in [-0.15, -0.1) is 0 Å². The van der Waals surface area contributed by atoms with Gasteiger partial charge in [-0.25, -0.2) is 0 Å². The maximum Gasteiger partial charge on any atom is 0.0831 e. The summed E-state index contributed by atoms with van der Waals surface area (Å²) in [7, 11) is 0. The van der Waals surface area contributed by atoms with Crippen molar-refractivity contribution in [3.05, 3.63) is 71.1 Å². The highest BCUT2D eigenvalue weighted by atomic mass is 16.3. The van der Waals surface area contributed by atoms with Crippen molar-refractivity contribution in [3.8, 4) is 0 Å². The molecule has 0 saturated heterocycles. The maximum atomic E-state index is 11.2. The van der Waals surface area contributed by atoms with E-state index in [4.69, 9.17) is 0 Å². The molecule has 1 aromatic heterocycles. The van der Waals surface area contributed by atoms with Crippen LogP contribution in [0.15, 0.2) is 59.9 Å². The number of aryl methyl sites for hydroxylation is 1. The van der Waals surface area contributed by atoms with Crippen LogP contribution in [-0.4, -0.2) is 38.6 Å². The number of aliphatic hydroxyl groups is 3. The van der Waals surface area contributed by atoms with Gasteiger partial charge in [0.15, 0.2) is 0 Å². The molecule has 4 saturated carbocycles. The molecule has 0 unspecified atom stereocenters. The van der Waals surface area contributed by atoms with E-state index in [1.54, 1.807) is 0 Å². The predicted molar refractivity (Wildman–Crippen MR) is 155 cm³/mol. The lowest BCUT2D eigenvalue weighted by atomic mass is 9.61. The van der Waals surface area contributed by atoms with Gasteiger partial charge in [0.05, 0.1) is 18.3 Å². The molecule has 0 bridgehead atoms. The number of hydrogen-bond donors (Lipinski definition) is 4. The normalized spacial score (nSPS) is 36.6. The number of hydrogen-bond acceptors (Lipinski definition) is 3. The van der Waals surface area contributed by atoms with Crippen LogP contribution in [0.1, 0.15) is 96.2 Å². The third-order valence-corrected chi connectivity index (χ3v) is 10.7. The summed E-state index contributed by atoms with van der Waals surface area (Å²) in [5, 5.41) is 31.6. The minimum Gasteiger partial charge on any atom is -0.393 e. The summed E-state index contributed by atoms with van der Waals surface area (Å²) in [6.07, 6.45) is 20.7. The smallest absolute Gasteiger partial charge is 0.0831 e. The van der Waals surface area contributed by atoms with E-state index in [0.717, 1.165) is 43.3 Å². The maximum absolute atomic E-state index is 11.2. The number of allylic oxidation sites excluding steroid dienone is 4. The molecular formula is C34H49NO3. The summed E-state index contributed by atoms with van der Waals surface area (Å²) in [4.78, 5) is 3.47. The van der Waals surface area contributed by atoms with Crippen LogP contribution in [-0.2, 0) is 11.8 Å². The van der Waals surface area contributed by atoms with Gasteiger partial charge in [0.25, 0.3) is 0 Å². The first kappa shape index (κ1) is 27.7. The number of aliphatic hydroxyl groups excluding tert-OH is 3. The van der Waals surface area contributed by atoms with Crippen LogP contribution < -0.4 is 0 Å². The molecule has 4 aliphatic carbocycles. The molecule has 0 amide bonds. The molecular weight excluding hydrogens is 470 g/mol. The van der Waals surface area contributed by atoms with E-state index in [9.17, 15) is 15.3 Å². The molecule has 4 fully saturated rings. The molecule has 0 spiro atoms. The topological polar surface area (TPSA) is 76.5 Å². The largest absolute Gasteiger partial charge is 0.393 e. The van der Waals surface area contributed by atoms with Crippen molar-refractivity contribution in [2.75, 3.05) is 0 Å². The second kappa shape index (κ2) is 10.9. The van der Waals surface area contributed by atoms with Gasteiger partial charge in [-0.2, -0.15) is 0 Å². The number of aromatic amines is 1. The molecule has 4 heteroatoms. The van der Waals surface area contributed by atoms with E-state index in [-0.39, 0.29) is 10.8 Å². The quantitative estimate of drug-likeness (QED) is 0.289. The number of aromatic nitrogens is 1. The number of nitrogens with one attached hydrogen (secondary N) is 1. The zero-order valence-electron chi connectivity index (χ0n) is 23.8. The molecule has 1 heterocycles. The Bertz CT molecular complexity index is 1100. The first-order valence-electron chi connectivity index (χ1n) is 15.2. The van der Waals surface area contributed by atoms with Crippen LogP contribution in [0.2, 0.25) is 0 Å². The highest BCUT2D eigenvalue weighted by Crippen LogP contribution is 2.60. The molecule has 0 radical (unpaired) electrons. The van der Waals surface area contributed by atoms with Crippen LogP contribution in [0, 0.1) is 23.2 Å². The van der Waals surface area contributed by atoms with Gasteiger partial charge >= 0.3 is 0 Å². The standard InChI is InChI=1S/C34H49NO3/c1-5-7-24-18-31(35-21-24)34(16-17-34)32(38)14-9-22(2)28-12-13-29-25(8-6-15-33(28,29)4)10-11-26-19-27(36)20-30(37)23(26)3/h9-11,14,18,21-22,27-30,32,35-38H,3,5-8,12-13,15-17,19-20H2,1-2,4H3/t22-,27-,28-,29+,30+,32+,33-/m1/s1. The SMILES string of the molecule is C=C1C(=CC=C2CCC[C@]3(C)[C@@H]([C@H](C)C=C[C@H](O)C4(c5cc(CCC)c[nH]5)CC4)CC[C@@H]23)C[C@@H](O)C[C@@H]1O. The van der Waals surface area contributed by atoms with Crippen molar-refractivity contribution in [3.63, 3.8) is 0 Å². The number of fused-ring (bicyclic) bond motifs is 1. The Kier molecular flexibility index (Phi) is 7.97. The minimum absolute atomic E-state index is 0.122. The van der Waals surface area contributed by atoms with Crippen molar-refractivity contribution in [1.82, 2.24) is 4.98 Å². The minimum atomic E-state index is -0.635. The predicted octanol–water partition coefficient (Wildman–Crippen LogP) is 6.69. The summed E-state index contributed by atoms with van der Waals surface area (Å²) in [5.41, 5.74) is 5.99. The van der Waals surface area contributed by atoms with Gasteiger partial charge in [-0.1, -0.05) is 63.6 Å². The van der Waals surface area contributed by atoms with Gasteiger partial charge in [-0.3, -0.25) is 0 Å². The summed E-state index contributed by atoms with van der Waals surface area (Å²) in [5.74, 6) is 1.62. The Hall–Kier alpha value is -1.88. The molecule has 5 rings (SSSR count). The molecule has 0 aliphatic heterocycles. The van der Waals surface area contributed by atoms with Gasteiger partial charge in [0.1, 0.15) is 0 Å². The zero-order chi connectivity index (χ0) is 27.1. The van der Waals surface area contributed by atoms with Crippen molar-refractivity contribution in [2.45, 2.75) is 115 Å². The Balaban J connectivity index is 1.27. The number of H-pyrrole nitrogens is 1. The van der Waals surface area contributed by atoms with Crippen LogP contribution in [0.4, 0.5) is 0 Å². The first-order chi connectivity index (χ1) is 18.2. The van der Waals surface area contributed by atoms with Crippen LogP contribution in [0.3, 0.4) is 0 Å². The summed E-state index contributed by atoms with van der Waals surface area (Å²) < 4.78 is 0. The average Bonchev–Trinajstić information content (AvgIpc) is 3.42. The summed E-state index contributed by atoms with van der Waals surface area (Å²) in [6.45, 7) is 11.1. The fourth-order valence-electron chi connectivity index (χ4n) is 8.23. The van der Waals surface area contributed by atoms with Crippen molar-refractivity contribution < 1.29 is 15.3 Å². The highest BCUT2D eigenvalue weighted by Gasteiger charge is 2.52. The van der Waals surface area contributed by atoms with Gasteiger partial charge in [0.2, 0.25) is 0 Å². The molecule has 4 nitrogen and oxygen atoms in total.